The van der Waals surface area contributed by atoms with Crippen molar-refractivity contribution in [2.24, 2.45) is 0 Å². The molecule has 1 heteroatoms. The summed E-state index contributed by atoms with van der Waals surface area (Å²) in [6.07, 6.45) is 9.00. The molecule has 1 rings (SSSR count). The SMILES string of the molecule is C1CCCCC1.[SrH2]. The van der Waals surface area contributed by atoms with Gasteiger partial charge < -0.3 is 0 Å². The van der Waals surface area contributed by atoms with Gasteiger partial charge in [-0.3, -0.25) is 0 Å². The van der Waals surface area contributed by atoms with Gasteiger partial charge in [0.15, 0.2) is 0 Å². The van der Waals surface area contributed by atoms with E-state index >= 15 is 0 Å². The van der Waals surface area contributed by atoms with E-state index in [9.17, 15) is 0 Å². The molecule has 0 aromatic rings. The first-order valence-electron chi connectivity index (χ1n) is 3.00. The van der Waals surface area contributed by atoms with Crippen LogP contribution in [-0.4, -0.2) is 45.5 Å². The van der Waals surface area contributed by atoms with E-state index in [1.54, 1.807) is 0 Å². The van der Waals surface area contributed by atoms with E-state index in [1.807, 2.05) is 0 Å². The Hall–Kier alpha value is 1.48. The summed E-state index contributed by atoms with van der Waals surface area (Å²) in [5.74, 6) is 0. The van der Waals surface area contributed by atoms with Crippen LogP contribution in [0.3, 0.4) is 0 Å². The molecule has 0 atom stereocenters. The van der Waals surface area contributed by atoms with Crippen molar-refractivity contribution in [2.75, 3.05) is 0 Å². The maximum atomic E-state index is 1.50. The monoisotopic (exact) mass is 174 g/mol. The van der Waals surface area contributed by atoms with E-state index in [0.29, 0.717) is 0 Å². The van der Waals surface area contributed by atoms with Crippen molar-refractivity contribution >= 4 is 45.5 Å². The predicted molar refractivity (Wildman–Crippen MR) is 36.2 cm³/mol. The Labute approximate surface area is 82.9 Å². The molecule has 40 valence electrons. The van der Waals surface area contributed by atoms with Gasteiger partial charge in [0.25, 0.3) is 0 Å². The first-order chi connectivity index (χ1) is 3.00. The first-order valence-corrected chi connectivity index (χ1v) is 3.00. The van der Waals surface area contributed by atoms with E-state index in [0.717, 1.165) is 0 Å². The Balaban J connectivity index is 0.000000360. The number of hydrogen-bond donors (Lipinski definition) is 0. The molecule has 1 saturated carbocycles. The molecule has 1 aliphatic rings. The summed E-state index contributed by atoms with van der Waals surface area (Å²) in [5, 5.41) is 0. The Kier molecular flexibility index (Phi) is 6.80. The molecule has 0 unspecified atom stereocenters. The molecular weight excluding hydrogens is 160 g/mol. The topological polar surface area (TPSA) is 0 Å². The molecule has 0 spiro atoms. The summed E-state index contributed by atoms with van der Waals surface area (Å²) in [6.45, 7) is 0. The van der Waals surface area contributed by atoms with Crippen molar-refractivity contribution in [3.63, 3.8) is 0 Å². The van der Waals surface area contributed by atoms with Crippen LogP contribution in [-0.2, 0) is 0 Å². The second-order valence-electron chi connectivity index (χ2n) is 2.12. The second kappa shape index (κ2) is 5.61. The number of rotatable bonds is 0. The van der Waals surface area contributed by atoms with Gasteiger partial charge in [-0.15, -0.1) is 0 Å². The van der Waals surface area contributed by atoms with Crippen LogP contribution >= 0.6 is 0 Å². The summed E-state index contributed by atoms with van der Waals surface area (Å²) in [5.41, 5.74) is 0. The molecule has 0 aliphatic heterocycles. The molecule has 0 N–H and O–H groups in total. The van der Waals surface area contributed by atoms with Crippen LogP contribution in [0.1, 0.15) is 38.5 Å². The molecule has 1 fully saturated rings. The molecule has 1 aliphatic carbocycles. The van der Waals surface area contributed by atoms with Gasteiger partial charge >= 0.3 is 45.5 Å². The third-order valence-electron chi connectivity index (χ3n) is 1.50. The van der Waals surface area contributed by atoms with Crippen molar-refractivity contribution in [1.82, 2.24) is 0 Å². The average Bonchev–Trinajstić information content (AvgIpc) is 1.72. The number of hydrogen-bond acceptors (Lipinski definition) is 0. The first kappa shape index (κ1) is 8.48. The van der Waals surface area contributed by atoms with Crippen molar-refractivity contribution in [3.05, 3.63) is 0 Å². The standard InChI is InChI=1S/C6H12.Sr.2H/c1-2-4-6-5-3-1;;;/h1-6H2;;;. The molecule has 0 heterocycles. The van der Waals surface area contributed by atoms with Crippen LogP contribution in [0.25, 0.3) is 0 Å². The summed E-state index contributed by atoms with van der Waals surface area (Å²) in [6, 6.07) is 0. The molecule has 0 radical (unpaired) electrons. The van der Waals surface area contributed by atoms with Crippen LogP contribution < -0.4 is 0 Å². The van der Waals surface area contributed by atoms with Gasteiger partial charge in [-0.25, -0.2) is 0 Å². The van der Waals surface area contributed by atoms with Crippen molar-refractivity contribution < 1.29 is 0 Å². The quantitative estimate of drug-likeness (QED) is 0.487. The average molecular weight is 174 g/mol. The molecule has 0 aromatic carbocycles. The van der Waals surface area contributed by atoms with Gasteiger partial charge in [-0.05, 0) is 0 Å². The van der Waals surface area contributed by atoms with Gasteiger partial charge in [0, 0.05) is 0 Å². The fraction of sp³-hybridized carbons (Fsp3) is 1.00. The normalized spacial score (nSPS) is 20.6. The van der Waals surface area contributed by atoms with Gasteiger partial charge in [-0.1, -0.05) is 38.5 Å². The fourth-order valence-electron chi connectivity index (χ4n) is 1.06. The summed E-state index contributed by atoms with van der Waals surface area (Å²) < 4.78 is 0. The van der Waals surface area contributed by atoms with Crippen molar-refractivity contribution in [1.29, 1.82) is 0 Å². The minimum absolute atomic E-state index is 0. The van der Waals surface area contributed by atoms with Crippen LogP contribution in [0.4, 0.5) is 0 Å². The van der Waals surface area contributed by atoms with Crippen LogP contribution in [0.15, 0.2) is 0 Å². The zero-order valence-electron chi connectivity index (χ0n) is 4.24. The van der Waals surface area contributed by atoms with E-state index in [4.69, 9.17) is 0 Å². The van der Waals surface area contributed by atoms with Crippen molar-refractivity contribution in [2.45, 2.75) is 38.5 Å². The minimum atomic E-state index is 0. The molecular formula is C6H14Sr. The molecule has 7 heavy (non-hydrogen) atoms. The van der Waals surface area contributed by atoms with Gasteiger partial charge in [0.1, 0.15) is 0 Å². The Morgan fingerprint density at radius 1 is 0.429 bits per heavy atom. The van der Waals surface area contributed by atoms with E-state index < -0.39 is 0 Å². The van der Waals surface area contributed by atoms with Crippen LogP contribution in [0, 0.1) is 0 Å². The third kappa shape index (κ3) is 4.02. The molecule has 0 amide bonds. The van der Waals surface area contributed by atoms with Crippen LogP contribution in [0.5, 0.6) is 0 Å². The fourth-order valence-corrected chi connectivity index (χ4v) is 1.06. The van der Waals surface area contributed by atoms with E-state index in [-0.39, 0.29) is 45.5 Å². The van der Waals surface area contributed by atoms with Gasteiger partial charge in [-0.2, -0.15) is 0 Å². The Morgan fingerprint density at radius 3 is 0.714 bits per heavy atom. The second-order valence-corrected chi connectivity index (χ2v) is 2.12. The molecule has 0 aromatic heterocycles. The zero-order valence-corrected chi connectivity index (χ0v) is 4.24. The van der Waals surface area contributed by atoms with Crippen LogP contribution in [0.2, 0.25) is 0 Å². The predicted octanol–water partition coefficient (Wildman–Crippen LogP) is 1.42. The molecule has 0 saturated heterocycles. The van der Waals surface area contributed by atoms with Crippen molar-refractivity contribution in [3.8, 4) is 0 Å². The molecule has 0 bridgehead atoms. The Bertz CT molecular complexity index is 19.7. The Morgan fingerprint density at radius 2 is 0.571 bits per heavy atom. The van der Waals surface area contributed by atoms with Gasteiger partial charge in [0.05, 0.1) is 0 Å². The summed E-state index contributed by atoms with van der Waals surface area (Å²) in [7, 11) is 0. The maximum absolute atomic E-state index is 1.50. The van der Waals surface area contributed by atoms with E-state index in [2.05, 4.69) is 0 Å². The van der Waals surface area contributed by atoms with Gasteiger partial charge in [0.2, 0.25) is 0 Å². The molecule has 0 nitrogen and oxygen atoms in total. The zero-order chi connectivity index (χ0) is 4.24. The third-order valence-corrected chi connectivity index (χ3v) is 1.50. The summed E-state index contributed by atoms with van der Waals surface area (Å²) >= 11 is 0. The summed E-state index contributed by atoms with van der Waals surface area (Å²) in [4.78, 5) is 0. The van der Waals surface area contributed by atoms with E-state index in [1.165, 1.54) is 38.5 Å².